The van der Waals surface area contributed by atoms with Crippen molar-refractivity contribution in [3.8, 4) is 0 Å². The molecule has 0 unspecified atom stereocenters. The van der Waals surface area contributed by atoms with E-state index in [1.165, 1.54) is 19.1 Å². The monoisotopic (exact) mass is 217 g/mol. The normalized spacial score (nSPS) is 9.73. The molecular weight excluding hydrogens is 213 g/mol. The van der Waals surface area contributed by atoms with E-state index in [1.807, 2.05) is 0 Å². The summed E-state index contributed by atoms with van der Waals surface area (Å²) in [5.74, 6) is -0.638. The molecule has 2 nitrogen and oxygen atoms in total. The number of carbonyl (C=O) groups excluding carboxylic acids is 1. The summed E-state index contributed by atoms with van der Waals surface area (Å²) >= 11 is 2.88. The average Bonchev–Trinajstić information content (AvgIpc) is 1.94. The molecule has 0 saturated heterocycles. The summed E-state index contributed by atoms with van der Waals surface area (Å²) in [6.07, 6.45) is 0. The third-order valence-electron chi connectivity index (χ3n) is 1.16. The van der Waals surface area contributed by atoms with Crippen LogP contribution in [0.3, 0.4) is 0 Å². The van der Waals surface area contributed by atoms with E-state index < -0.39 is 5.82 Å². The Morgan fingerprint density at radius 2 is 2.27 bits per heavy atom. The van der Waals surface area contributed by atoms with Crippen LogP contribution in [-0.4, -0.2) is 10.8 Å². The van der Waals surface area contributed by atoms with Gasteiger partial charge < -0.3 is 0 Å². The number of carbonyl (C=O) groups is 1. The first-order valence-corrected chi connectivity index (χ1v) is 3.73. The largest absolute Gasteiger partial charge is 0.293 e. The Kier molecular flexibility index (Phi) is 2.34. The zero-order chi connectivity index (χ0) is 8.43. The fraction of sp³-hybridized carbons (Fsp3) is 0.143. The van der Waals surface area contributed by atoms with Gasteiger partial charge in [0.05, 0.1) is 0 Å². The van der Waals surface area contributed by atoms with Crippen molar-refractivity contribution in [3.05, 3.63) is 28.2 Å². The number of nitrogens with zero attached hydrogens (tertiary/aromatic N) is 1. The van der Waals surface area contributed by atoms with Crippen LogP contribution in [0.2, 0.25) is 0 Å². The van der Waals surface area contributed by atoms with Gasteiger partial charge in [-0.2, -0.15) is 0 Å². The van der Waals surface area contributed by atoms with E-state index in [0.717, 1.165) is 0 Å². The van der Waals surface area contributed by atoms with Crippen molar-refractivity contribution in [1.29, 1.82) is 0 Å². The van der Waals surface area contributed by atoms with E-state index >= 15 is 0 Å². The third-order valence-corrected chi connectivity index (χ3v) is 1.72. The van der Waals surface area contributed by atoms with Crippen molar-refractivity contribution in [3.63, 3.8) is 0 Å². The number of ketones is 1. The van der Waals surface area contributed by atoms with Crippen LogP contribution in [0.25, 0.3) is 0 Å². The molecule has 1 rings (SSSR count). The maximum Gasteiger partial charge on any atom is 0.178 e. The summed E-state index contributed by atoms with van der Waals surface area (Å²) in [5.41, 5.74) is 0.262. The lowest BCUT2D eigenvalue weighted by molar-refractivity contribution is 0.101. The number of hydrogen-bond donors (Lipinski definition) is 0. The van der Waals surface area contributed by atoms with Gasteiger partial charge in [-0.1, -0.05) is 0 Å². The van der Waals surface area contributed by atoms with Crippen LogP contribution in [0, 0.1) is 5.82 Å². The van der Waals surface area contributed by atoms with Gasteiger partial charge in [-0.25, -0.2) is 9.37 Å². The number of hydrogen-bond acceptors (Lipinski definition) is 2. The molecule has 0 aromatic carbocycles. The van der Waals surface area contributed by atoms with Crippen molar-refractivity contribution >= 4 is 21.7 Å². The van der Waals surface area contributed by atoms with Gasteiger partial charge in [-0.05, 0) is 28.1 Å². The molecule has 0 N–H and O–H groups in total. The average molecular weight is 218 g/mol. The molecule has 0 fully saturated rings. The highest BCUT2D eigenvalue weighted by Gasteiger charge is 2.04. The number of Topliss-reactive ketones (excluding diaryl/α,β-unsaturated/α-hetero) is 1. The summed E-state index contributed by atoms with van der Waals surface area (Å²) in [4.78, 5) is 14.4. The molecule has 0 spiro atoms. The zero-order valence-corrected chi connectivity index (χ0v) is 7.35. The van der Waals surface area contributed by atoms with Crippen molar-refractivity contribution in [2.45, 2.75) is 6.92 Å². The second-order valence-corrected chi connectivity index (χ2v) is 2.78. The van der Waals surface area contributed by atoms with Crippen molar-refractivity contribution in [1.82, 2.24) is 4.98 Å². The van der Waals surface area contributed by atoms with Crippen LogP contribution in [-0.2, 0) is 0 Å². The quantitative estimate of drug-likeness (QED) is 0.534. The number of aromatic nitrogens is 1. The van der Waals surface area contributed by atoms with E-state index in [4.69, 9.17) is 0 Å². The van der Waals surface area contributed by atoms with Gasteiger partial charge in [0.2, 0.25) is 0 Å². The Hall–Kier alpha value is -0.770. The predicted molar refractivity (Wildman–Crippen MR) is 41.9 cm³/mol. The van der Waals surface area contributed by atoms with Crippen LogP contribution >= 0.6 is 15.9 Å². The second-order valence-electron chi connectivity index (χ2n) is 2.03. The molecule has 0 amide bonds. The van der Waals surface area contributed by atoms with Gasteiger partial charge in [0.1, 0.15) is 10.3 Å². The van der Waals surface area contributed by atoms with E-state index in [1.54, 1.807) is 0 Å². The fourth-order valence-electron chi connectivity index (χ4n) is 0.613. The highest BCUT2D eigenvalue weighted by atomic mass is 79.9. The first kappa shape index (κ1) is 8.33. The molecule has 0 saturated carbocycles. The number of pyridine rings is 1. The lowest BCUT2D eigenvalue weighted by Gasteiger charge is -1.95. The Morgan fingerprint density at radius 1 is 1.64 bits per heavy atom. The lowest BCUT2D eigenvalue weighted by Crippen LogP contribution is -1.97. The van der Waals surface area contributed by atoms with Crippen LogP contribution < -0.4 is 0 Å². The Morgan fingerprint density at radius 3 is 2.73 bits per heavy atom. The molecule has 0 aliphatic rings. The van der Waals surface area contributed by atoms with E-state index in [0.29, 0.717) is 0 Å². The Bertz CT molecular complexity index is 300. The minimum atomic E-state index is -0.463. The molecule has 0 bridgehead atoms. The van der Waals surface area contributed by atoms with Gasteiger partial charge in [0.15, 0.2) is 11.6 Å². The topological polar surface area (TPSA) is 30.0 Å². The summed E-state index contributed by atoms with van der Waals surface area (Å²) in [7, 11) is 0. The predicted octanol–water partition coefficient (Wildman–Crippen LogP) is 2.19. The highest BCUT2D eigenvalue weighted by molar-refractivity contribution is 9.10. The first-order chi connectivity index (χ1) is 5.11. The van der Waals surface area contributed by atoms with Crippen LogP contribution in [0.5, 0.6) is 0 Å². The summed E-state index contributed by atoms with van der Waals surface area (Å²) in [5, 5.41) is 0. The molecule has 1 aromatic heterocycles. The molecule has 58 valence electrons. The van der Waals surface area contributed by atoms with Gasteiger partial charge in [0.25, 0.3) is 0 Å². The zero-order valence-electron chi connectivity index (χ0n) is 5.77. The SMILES string of the molecule is CC(=O)c1ccc(F)c(Br)n1. The second kappa shape index (κ2) is 3.09. The smallest absolute Gasteiger partial charge is 0.178 e. The summed E-state index contributed by atoms with van der Waals surface area (Å²) in [6.45, 7) is 1.38. The first-order valence-electron chi connectivity index (χ1n) is 2.94. The van der Waals surface area contributed by atoms with E-state index in [-0.39, 0.29) is 16.1 Å². The third kappa shape index (κ3) is 1.83. The van der Waals surface area contributed by atoms with Gasteiger partial charge in [0, 0.05) is 6.92 Å². The minimum Gasteiger partial charge on any atom is -0.293 e. The maximum atomic E-state index is 12.5. The van der Waals surface area contributed by atoms with Gasteiger partial charge in [-0.3, -0.25) is 4.79 Å². The maximum absolute atomic E-state index is 12.5. The van der Waals surface area contributed by atoms with Crippen LogP contribution in [0.4, 0.5) is 4.39 Å². The van der Waals surface area contributed by atoms with Crippen LogP contribution in [0.1, 0.15) is 17.4 Å². The molecule has 0 radical (unpaired) electrons. The van der Waals surface area contributed by atoms with Gasteiger partial charge >= 0.3 is 0 Å². The minimum absolute atomic E-state index is 0.0743. The van der Waals surface area contributed by atoms with Crippen LogP contribution in [0.15, 0.2) is 16.7 Å². The summed E-state index contributed by atoms with van der Waals surface area (Å²) < 4.78 is 12.6. The van der Waals surface area contributed by atoms with Crippen molar-refractivity contribution in [2.75, 3.05) is 0 Å². The Balaban J connectivity index is 3.15. The molecule has 1 heterocycles. The summed E-state index contributed by atoms with van der Waals surface area (Å²) in [6, 6.07) is 2.55. The molecule has 0 atom stereocenters. The van der Waals surface area contributed by atoms with Crippen molar-refractivity contribution in [2.24, 2.45) is 0 Å². The molecule has 11 heavy (non-hydrogen) atoms. The number of rotatable bonds is 1. The highest BCUT2D eigenvalue weighted by Crippen LogP contribution is 2.12. The molecule has 4 heteroatoms. The lowest BCUT2D eigenvalue weighted by atomic mass is 10.3. The Labute approximate surface area is 71.6 Å². The number of halogens is 2. The molecule has 0 aliphatic carbocycles. The van der Waals surface area contributed by atoms with E-state index in [9.17, 15) is 9.18 Å². The standard InChI is InChI=1S/C7H5BrFNO/c1-4(11)6-3-2-5(9)7(8)10-6/h2-3H,1H3. The fourth-order valence-corrected chi connectivity index (χ4v) is 0.937. The van der Waals surface area contributed by atoms with Gasteiger partial charge in [-0.15, -0.1) is 0 Å². The van der Waals surface area contributed by atoms with E-state index in [2.05, 4.69) is 20.9 Å². The molecular formula is C7H5BrFNO. The van der Waals surface area contributed by atoms with Crippen molar-refractivity contribution < 1.29 is 9.18 Å². The molecule has 0 aliphatic heterocycles. The molecule has 1 aromatic rings.